The van der Waals surface area contributed by atoms with Crippen molar-refractivity contribution in [3.8, 4) is 0 Å². The van der Waals surface area contributed by atoms with E-state index in [-0.39, 0.29) is 33.9 Å². The van der Waals surface area contributed by atoms with E-state index in [1.54, 1.807) is 48.5 Å². The van der Waals surface area contributed by atoms with Gasteiger partial charge in [0.05, 0.1) is 39.4 Å². The number of para-hydroxylation sites is 2. The summed E-state index contributed by atoms with van der Waals surface area (Å²) >= 11 is 0. The first-order valence-electron chi connectivity index (χ1n) is 11.6. The van der Waals surface area contributed by atoms with Crippen LogP contribution in [0.2, 0.25) is 0 Å². The summed E-state index contributed by atoms with van der Waals surface area (Å²) in [6.07, 6.45) is 1.17. The van der Waals surface area contributed by atoms with Gasteiger partial charge in [0.15, 0.2) is 0 Å². The van der Waals surface area contributed by atoms with Crippen LogP contribution >= 0.6 is 0 Å². The molecule has 0 aliphatic heterocycles. The molecule has 4 aromatic rings. The molecule has 10 heteroatoms. The number of hydrogen-bond acceptors (Lipinski definition) is 6. The summed E-state index contributed by atoms with van der Waals surface area (Å²) in [7, 11) is -4.06. The van der Waals surface area contributed by atoms with Gasteiger partial charge in [0, 0.05) is 6.07 Å². The third-order valence-corrected chi connectivity index (χ3v) is 7.47. The van der Waals surface area contributed by atoms with Crippen molar-refractivity contribution < 1.29 is 18.1 Å². The topological polar surface area (TPSA) is 122 Å². The average molecular weight is 529 g/mol. The van der Waals surface area contributed by atoms with Crippen molar-refractivity contribution in [1.29, 1.82) is 0 Å². The first-order valence-corrected chi connectivity index (χ1v) is 13.0. The highest BCUT2D eigenvalue weighted by molar-refractivity contribution is 7.92. The highest BCUT2D eigenvalue weighted by Crippen LogP contribution is 2.29. The molecule has 38 heavy (non-hydrogen) atoms. The normalized spacial score (nSPS) is 11.3. The number of rotatable bonds is 9. The smallest absolute Gasteiger partial charge is 0.267 e. The SMILES string of the molecule is Cc1ccc(S(=O)(=O)N(Cc2ccccc2)c2ccccc2C(=O)N/N=C\c2ccccc2[N+](=O)[O-])cc1. The highest BCUT2D eigenvalue weighted by Gasteiger charge is 2.28. The Labute approximate surface area is 220 Å². The van der Waals surface area contributed by atoms with E-state index in [1.165, 1.54) is 46.9 Å². The fourth-order valence-electron chi connectivity index (χ4n) is 3.75. The molecule has 192 valence electrons. The lowest BCUT2D eigenvalue weighted by Gasteiger charge is -2.26. The number of benzene rings is 4. The Hall–Kier alpha value is -4.83. The molecule has 0 aliphatic carbocycles. The van der Waals surface area contributed by atoms with Crippen molar-refractivity contribution in [2.45, 2.75) is 18.4 Å². The molecule has 0 saturated heterocycles. The van der Waals surface area contributed by atoms with Gasteiger partial charge in [-0.3, -0.25) is 19.2 Å². The number of hydrogen-bond donors (Lipinski definition) is 1. The number of hydrazone groups is 1. The van der Waals surface area contributed by atoms with E-state index in [2.05, 4.69) is 10.5 Å². The van der Waals surface area contributed by atoms with Crippen molar-refractivity contribution >= 4 is 33.5 Å². The molecule has 4 rings (SSSR count). The maximum Gasteiger partial charge on any atom is 0.278 e. The number of sulfonamides is 1. The molecule has 0 aromatic heterocycles. The van der Waals surface area contributed by atoms with Gasteiger partial charge >= 0.3 is 0 Å². The molecular formula is C28H24N4O5S. The number of carbonyl (C=O) groups is 1. The van der Waals surface area contributed by atoms with Gasteiger partial charge in [0.1, 0.15) is 0 Å². The third-order valence-electron chi connectivity index (χ3n) is 5.70. The summed E-state index contributed by atoms with van der Waals surface area (Å²) in [6, 6.07) is 27.8. The van der Waals surface area contributed by atoms with Gasteiger partial charge in [-0.15, -0.1) is 0 Å². The van der Waals surface area contributed by atoms with Crippen molar-refractivity contribution in [2.24, 2.45) is 5.10 Å². The first kappa shape index (κ1) is 26.2. The summed E-state index contributed by atoms with van der Waals surface area (Å²) in [4.78, 5) is 23.9. The van der Waals surface area contributed by atoms with Crippen molar-refractivity contribution in [2.75, 3.05) is 4.31 Å². The second-order valence-electron chi connectivity index (χ2n) is 8.34. The predicted molar refractivity (Wildman–Crippen MR) is 146 cm³/mol. The molecule has 1 amide bonds. The Kier molecular flexibility index (Phi) is 7.93. The van der Waals surface area contributed by atoms with Gasteiger partial charge in [-0.25, -0.2) is 13.8 Å². The quantitative estimate of drug-likeness (QED) is 0.185. The largest absolute Gasteiger partial charge is 0.278 e. The van der Waals surface area contributed by atoms with Crippen molar-refractivity contribution in [3.63, 3.8) is 0 Å². The minimum absolute atomic E-state index is 0.0131. The van der Waals surface area contributed by atoms with E-state index in [1.807, 2.05) is 25.1 Å². The molecular weight excluding hydrogens is 504 g/mol. The lowest BCUT2D eigenvalue weighted by Crippen LogP contribution is -2.33. The Morgan fingerprint density at radius 2 is 1.55 bits per heavy atom. The van der Waals surface area contributed by atoms with E-state index in [4.69, 9.17) is 0 Å². The number of aryl methyl sites for hydroxylation is 1. The molecule has 0 unspecified atom stereocenters. The molecule has 4 aromatic carbocycles. The van der Waals surface area contributed by atoms with Crippen LogP contribution in [-0.2, 0) is 16.6 Å². The summed E-state index contributed by atoms with van der Waals surface area (Å²) in [5.41, 5.74) is 4.27. The second-order valence-corrected chi connectivity index (χ2v) is 10.2. The third kappa shape index (κ3) is 5.93. The molecule has 1 N–H and O–H groups in total. The van der Waals surface area contributed by atoms with Gasteiger partial charge in [0.25, 0.3) is 21.6 Å². The Balaban J connectivity index is 1.70. The fraction of sp³-hybridized carbons (Fsp3) is 0.0714. The molecule has 0 heterocycles. The zero-order chi connectivity index (χ0) is 27.1. The second kappa shape index (κ2) is 11.5. The van der Waals surface area contributed by atoms with Crippen molar-refractivity contribution in [3.05, 3.63) is 135 Å². The first-order chi connectivity index (χ1) is 18.3. The van der Waals surface area contributed by atoms with Crippen LogP contribution in [0.15, 0.2) is 113 Å². The van der Waals surface area contributed by atoms with Gasteiger partial charge in [-0.05, 0) is 42.8 Å². The molecule has 9 nitrogen and oxygen atoms in total. The van der Waals surface area contributed by atoms with Gasteiger partial charge in [-0.1, -0.05) is 72.3 Å². The van der Waals surface area contributed by atoms with E-state index in [0.29, 0.717) is 0 Å². The molecule has 0 bridgehead atoms. The maximum atomic E-state index is 13.8. The molecule has 0 radical (unpaired) electrons. The molecule has 0 atom stereocenters. The summed E-state index contributed by atoms with van der Waals surface area (Å²) in [6.45, 7) is 1.85. The monoisotopic (exact) mass is 528 g/mol. The van der Waals surface area contributed by atoms with Crippen LogP contribution in [0.3, 0.4) is 0 Å². The summed E-state index contributed by atoms with van der Waals surface area (Å²) in [5.74, 6) is -0.674. The van der Waals surface area contributed by atoms with Crippen molar-refractivity contribution in [1.82, 2.24) is 5.43 Å². The zero-order valence-electron chi connectivity index (χ0n) is 20.4. The van der Waals surface area contributed by atoms with Crippen LogP contribution in [-0.4, -0.2) is 25.5 Å². The lowest BCUT2D eigenvalue weighted by molar-refractivity contribution is -0.385. The summed E-state index contributed by atoms with van der Waals surface area (Å²) in [5, 5.41) is 15.1. The molecule has 0 aliphatic rings. The van der Waals surface area contributed by atoms with Crippen LogP contribution in [0, 0.1) is 17.0 Å². The van der Waals surface area contributed by atoms with Crippen LogP contribution in [0.4, 0.5) is 11.4 Å². The van der Waals surface area contributed by atoms with Crippen LogP contribution in [0.25, 0.3) is 0 Å². The Bertz CT molecular complexity index is 1590. The zero-order valence-corrected chi connectivity index (χ0v) is 21.2. The van der Waals surface area contributed by atoms with Crippen LogP contribution in [0.5, 0.6) is 0 Å². The minimum atomic E-state index is -4.06. The molecule has 0 spiro atoms. The van der Waals surface area contributed by atoms with E-state index < -0.39 is 20.9 Å². The number of amides is 1. The van der Waals surface area contributed by atoms with E-state index in [9.17, 15) is 23.3 Å². The number of nitro benzene ring substituents is 1. The van der Waals surface area contributed by atoms with Crippen LogP contribution < -0.4 is 9.73 Å². The van der Waals surface area contributed by atoms with Gasteiger partial charge in [0.2, 0.25) is 0 Å². The standard InChI is InChI=1S/C28H24N4O5S/c1-21-15-17-24(18-16-21)38(36,37)31(20-22-9-3-2-4-10-22)27-14-8-6-12-25(27)28(33)30-29-19-23-11-5-7-13-26(23)32(34)35/h2-19H,20H2,1H3,(H,30,33)/b29-19-. The highest BCUT2D eigenvalue weighted by atomic mass is 32.2. The van der Waals surface area contributed by atoms with Gasteiger partial charge < -0.3 is 0 Å². The lowest BCUT2D eigenvalue weighted by atomic mass is 10.1. The number of nitrogens with zero attached hydrogens (tertiary/aromatic N) is 3. The predicted octanol–water partition coefficient (Wildman–Crippen LogP) is 5.06. The number of nitro groups is 1. The minimum Gasteiger partial charge on any atom is -0.267 e. The fourth-order valence-corrected chi connectivity index (χ4v) is 5.22. The number of anilines is 1. The number of carbonyl (C=O) groups excluding carboxylic acids is 1. The number of nitrogens with one attached hydrogen (secondary N) is 1. The van der Waals surface area contributed by atoms with E-state index in [0.717, 1.165) is 11.1 Å². The Morgan fingerprint density at radius 1 is 0.921 bits per heavy atom. The summed E-state index contributed by atoms with van der Waals surface area (Å²) < 4.78 is 28.8. The van der Waals surface area contributed by atoms with Gasteiger partial charge in [-0.2, -0.15) is 5.10 Å². The molecule has 0 fully saturated rings. The van der Waals surface area contributed by atoms with Crippen LogP contribution in [0.1, 0.15) is 27.0 Å². The van der Waals surface area contributed by atoms with E-state index >= 15 is 0 Å². The molecule has 0 saturated carbocycles. The average Bonchev–Trinajstić information content (AvgIpc) is 2.92. The Morgan fingerprint density at radius 3 is 2.26 bits per heavy atom. The maximum absolute atomic E-state index is 13.8.